The Morgan fingerprint density at radius 3 is 2.09 bits per heavy atom. The van der Waals surface area contributed by atoms with Gasteiger partial charge in [-0.2, -0.15) is 0 Å². The smallest absolute Gasteiger partial charge is 0.251 e. The topological polar surface area (TPSA) is 55.1 Å². The molecule has 0 aliphatic rings. The highest BCUT2D eigenvalue weighted by Crippen LogP contribution is 2.24. The van der Waals surface area contributed by atoms with Gasteiger partial charge >= 0.3 is 0 Å². The minimum Gasteiger partial charge on any atom is -0.346 e. The van der Waals surface area contributed by atoms with Crippen molar-refractivity contribution >= 4 is 5.91 Å². The lowest BCUT2D eigenvalue weighted by molar-refractivity contribution is 0.0940. The second-order valence-electron chi connectivity index (χ2n) is 6.97. The highest BCUT2D eigenvalue weighted by molar-refractivity contribution is 5.94. The van der Waals surface area contributed by atoms with Crippen molar-refractivity contribution in [3.8, 4) is 0 Å². The lowest BCUT2D eigenvalue weighted by atomic mass is 9.86. The Morgan fingerprint density at radius 2 is 1.61 bits per heavy atom. The van der Waals surface area contributed by atoms with Gasteiger partial charge in [0.2, 0.25) is 0 Å². The van der Waals surface area contributed by atoms with Crippen molar-refractivity contribution in [3.63, 3.8) is 0 Å². The highest BCUT2D eigenvalue weighted by atomic mass is 16.1. The van der Waals surface area contributed by atoms with Gasteiger partial charge in [-0.15, -0.1) is 0 Å². The molecule has 0 aromatic heterocycles. The number of nitrogens with two attached hydrogens (primary N) is 1. The fourth-order valence-electron chi connectivity index (χ4n) is 2.43. The third-order valence-electron chi connectivity index (χ3n) is 4.08. The van der Waals surface area contributed by atoms with E-state index in [-0.39, 0.29) is 17.4 Å². The normalized spacial score (nSPS) is 12.7. The SMILES string of the molecule is CC(NC(=O)c1ccc(CN)cc1)c1ccc(C(C)(C)C)cc1. The van der Waals surface area contributed by atoms with Crippen LogP contribution in [0.15, 0.2) is 48.5 Å². The van der Waals surface area contributed by atoms with E-state index in [1.54, 1.807) is 0 Å². The van der Waals surface area contributed by atoms with Crippen LogP contribution in [0.4, 0.5) is 0 Å². The molecule has 0 spiro atoms. The van der Waals surface area contributed by atoms with Crippen LogP contribution in [0, 0.1) is 0 Å². The summed E-state index contributed by atoms with van der Waals surface area (Å²) < 4.78 is 0. The minimum absolute atomic E-state index is 0.0364. The number of rotatable bonds is 4. The minimum atomic E-state index is -0.0685. The van der Waals surface area contributed by atoms with Crippen LogP contribution in [-0.4, -0.2) is 5.91 Å². The predicted molar refractivity (Wildman–Crippen MR) is 95.4 cm³/mol. The van der Waals surface area contributed by atoms with E-state index in [0.29, 0.717) is 12.1 Å². The molecule has 3 N–H and O–H groups in total. The zero-order valence-electron chi connectivity index (χ0n) is 14.4. The van der Waals surface area contributed by atoms with E-state index in [1.165, 1.54) is 5.56 Å². The van der Waals surface area contributed by atoms with Crippen LogP contribution >= 0.6 is 0 Å². The van der Waals surface area contributed by atoms with Gasteiger partial charge in [-0.3, -0.25) is 4.79 Å². The maximum Gasteiger partial charge on any atom is 0.251 e. The van der Waals surface area contributed by atoms with E-state index in [1.807, 2.05) is 31.2 Å². The molecule has 23 heavy (non-hydrogen) atoms. The van der Waals surface area contributed by atoms with Gasteiger partial charge < -0.3 is 11.1 Å². The van der Waals surface area contributed by atoms with Gasteiger partial charge in [0.1, 0.15) is 0 Å². The lowest BCUT2D eigenvalue weighted by Crippen LogP contribution is -2.26. The zero-order valence-corrected chi connectivity index (χ0v) is 14.4. The predicted octanol–water partition coefficient (Wildman–Crippen LogP) is 3.93. The molecule has 0 aliphatic heterocycles. The lowest BCUT2D eigenvalue weighted by Gasteiger charge is -2.20. The Hall–Kier alpha value is -2.13. The monoisotopic (exact) mass is 310 g/mol. The molecule has 0 radical (unpaired) electrons. The fourth-order valence-corrected chi connectivity index (χ4v) is 2.43. The molecule has 0 fully saturated rings. The largest absolute Gasteiger partial charge is 0.346 e. The molecule has 1 amide bonds. The summed E-state index contributed by atoms with van der Waals surface area (Å²) in [6, 6.07) is 15.8. The molecule has 122 valence electrons. The van der Waals surface area contributed by atoms with Crippen LogP contribution in [0.25, 0.3) is 0 Å². The quantitative estimate of drug-likeness (QED) is 0.899. The number of benzene rings is 2. The van der Waals surface area contributed by atoms with Crippen molar-refractivity contribution in [2.75, 3.05) is 0 Å². The van der Waals surface area contributed by atoms with Crippen molar-refractivity contribution in [1.82, 2.24) is 5.32 Å². The van der Waals surface area contributed by atoms with Crippen molar-refractivity contribution in [2.24, 2.45) is 5.73 Å². The summed E-state index contributed by atoms with van der Waals surface area (Å²) in [7, 11) is 0. The first-order valence-corrected chi connectivity index (χ1v) is 8.01. The zero-order chi connectivity index (χ0) is 17.0. The molecule has 1 atom stereocenters. The molecular weight excluding hydrogens is 284 g/mol. The maximum absolute atomic E-state index is 12.3. The summed E-state index contributed by atoms with van der Waals surface area (Å²) >= 11 is 0. The van der Waals surface area contributed by atoms with Gasteiger partial charge in [0, 0.05) is 12.1 Å². The molecule has 0 saturated carbocycles. The van der Waals surface area contributed by atoms with E-state index in [4.69, 9.17) is 5.73 Å². The summed E-state index contributed by atoms with van der Waals surface area (Å²) in [6.45, 7) is 9.06. The van der Waals surface area contributed by atoms with Crippen LogP contribution in [0.1, 0.15) is 60.8 Å². The molecule has 0 saturated heterocycles. The Labute approximate surface area is 138 Å². The standard InChI is InChI=1S/C20H26N2O/c1-14(16-9-11-18(12-10-16)20(2,3)4)22-19(23)17-7-5-15(13-21)6-8-17/h5-12,14H,13,21H2,1-4H3,(H,22,23). The summed E-state index contributed by atoms with van der Waals surface area (Å²) in [4.78, 5) is 12.3. The van der Waals surface area contributed by atoms with Gasteiger partial charge in [-0.1, -0.05) is 57.2 Å². The third kappa shape index (κ3) is 4.42. The van der Waals surface area contributed by atoms with Gasteiger partial charge in [0.25, 0.3) is 5.91 Å². The maximum atomic E-state index is 12.3. The second-order valence-corrected chi connectivity index (χ2v) is 6.97. The summed E-state index contributed by atoms with van der Waals surface area (Å²) in [5, 5.41) is 3.04. The summed E-state index contributed by atoms with van der Waals surface area (Å²) in [5.41, 5.74) is 9.77. The van der Waals surface area contributed by atoms with Crippen LogP contribution in [0.2, 0.25) is 0 Å². The van der Waals surface area contributed by atoms with E-state index < -0.39 is 0 Å². The van der Waals surface area contributed by atoms with Crippen molar-refractivity contribution < 1.29 is 4.79 Å². The second kappa shape index (κ2) is 6.97. The molecular formula is C20H26N2O. The molecule has 2 aromatic carbocycles. The van der Waals surface area contributed by atoms with Gasteiger partial charge in [-0.25, -0.2) is 0 Å². The molecule has 0 bridgehead atoms. The first-order valence-electron chi connectivity index (χ1n) is 8.01. The third-order valence-corrected chi connectivity index (χ3v) is 4.08. The molecule has 2 aromatic rings. The number of carbonyl (C=O) groups is 1. The van der Waals surface area contributed by atoms with E-state index >= 15 is 0 Å². The fraction of sp³-hybridized carbons (Fsp3) is 0.350. The summed E-state index contributed by atoms with van der Waals surface area (Å²) in [5.74, 6) is -0.0685. The molecule has 3 nitrogen and oxygen atoms in total. The van der Waals surface area contributed by atoms with Gasteiger partial charge in [0.05, 0.1) is 6.04 Å². The van der Waals surface area contributed by atoms with Gasteiger partial charge in [-0.05, 0) is 41.2 Å². The Kier molecular flexibility index (Phi) is 5.22. The highest BCUT2D eigenvalue weighted by Gasteiger charge is 2.15. The first-order chi connectivity index (χ1) is 10.8. The van der Waals surface area contributed by atoms with Crippen molar-refractivity contribution in [2.45, 2.75) is 45.7 Å². The summed E-state index contributed by atoms with van der Waals surface area (Å²) in [6.07, 6.45) is 0. The molecule has 2 rings (SSSR count). The van der Waals surface area contributed by atoms with E-state index in [2.05, 4.69) is 50.4 Å². The van der Waals surface area contributed by atoms with Crippen molar-refractivity contribution in [3.05, 3.63) is 70.8 Å². The van der Waals surface area contributed by atoms with Crippen molar-refractivity contribution in [1.29, 1.82) is 0 Å². The molecule has 0 heterocycles. The molecule has 1 unspecified atom stereocenters. The number of amides is 1. The van der Waals surface area contributed by atoms with E-state index in [0.717, 1.165) is 11.1 Å². The van der Waals surface area contributed by atoms with E-state index in [9.17, 15) is 4.79 Å². The molecule has 3 heteroatoms. The first kappa shape index (κ1) is 17.2. The molecule has 0 aliphatic carbocycles. The van der Waals surface area contributed by atoms with Crippen LogP contribution in [-0.2, 0) is 12.0 Å². The van der Waals surface area contributed by atoms with Crippen LogP contribution < -0.4 is 11.1 Å². The average Bonchev–Trinajstić information content (AvgIpc) is 2.54. The van der Waals surface area contributed by atoms with Crippen LogP contribution in [0.3, 0.4) is 0 Å². The number of hydrogen-bond acceptors (Lipinski definition) is 2. The number of hydrogen-bond donors (Lipinski definition) is 2. The number of carbonyl (C=O) groups excluding carboxylic acids is 1. The Morgan fingerprint density at radius 1 is 1.04 bits per heavy atom. The number of nitrogens with one attached hydrogen (secondary N) is 1. The Balaban J connectivity index is 2.05. The van der Waals surface area contributed by atoms with Gasteiger partial charge in [0.15, 0.2) is 0 Å². The average molecular weight is 310 g/mol. The van der Waals surface area contributed by atoms with Crippen LogP contribution in [0.5, 0.6) is 0 Å². The Bertz CT molecular complexity index is 652.